The lowest BCUT2D eigenvalue weighted by Gasteiger charge is -2.10. The number of nitrogens with two attached hydrogens (primary N) is 1. The molecule has 5 rings (SSSR count). The van der Waals surface area contributed by atoms with E-state index in [9.17, 15) is 0 Å². The van der Waals surface area contributed by atoms with Crippen molar-refractivity contribution in [3.8, 4) is 17.0 Å². The van der Waals surface area contributed by atoms with Crippen LogP contribution in [0.5, 0.6) is 5.75 Å². The molecule has 0 radical (unpaired) electrons. The smallest absolute Gasteiger partial charge is 0.164 e. The van der Waals surface area contributed by atoms with E-state index in [2.05, 4.69) is 45.6 Å². The minimum Gasteiger partial charge on any atom is -0.494 e. The second-order valence-corrected chi connectivity index (χ2v) is 7.44. The van der Waals surface area contributed by atoms with Crippen LogP contribution in [0.4, 0.5) is 5.82 Å². The number of hydrogen-bond donors (Lipinski definition) is 2. The van der Waals surface area contributed by atoms with Crippen molar-refractivity contribution in [3.63, 3.8) is 0 Å². The predicted molar refractivity (Wildman–Crippen MR) is 115 cm³/mol. The molecule has 7 nitrogen and oxygen atoms in total. The minimum atomic E-state index is 0.413. The molecule has 29 heavy (non-hydrogen) atoms. The van der Waals surface area contributed by atoms with Crippen molar-refractivity contribution in [1.29, 1.82) is 0 Å². The highest BCUT2D eigenvalue weighted by Crippen LogP contribution is 2.33. The van der Waals surface area contributed by atoms with Gasteiger partial charge in [0, 0.05) is 11.6 Å². The summed E-state index contributed by atoms with van der Waals surface area (Å²) in [5, 5.41) is 11.5. The molecular weight excluding hydrogens is 364 g/mol. The monoisotopic (exact) mass is 388 g/mol. The lowest BCUT2D eigenvalue weighted by Crippen LogP contribution is -2.27. The van der Waals surface area contributed by atoms with Gasteiger partial charge in [0.2, 0.25) is 0 Å². The second-order valence-electron chi connectivity index (χ2n) is 7.44. The van der Waals surface area contributed by atoms with Gasteiger partial charge in [-0.3, -0.25) is 0 Å². The van der Waals surface area contributed by atoms with Gasteiger partial charge < -0.3 is 15.8 Å². The van der Waals surface area contributed by atoms with Gasteiger partial charge in [-0.1, -0.05) is 18.2 Å². The molecular formula is C22H24N6O. The molecule has 4 aromatic rings. The molecule has 0 spiro atoms. The fraction of sp³-hybridized carbons (Fsp3) is 0.318. The van der Waals surface area contributed by atoms with Crippen LogP contribution >= 0.6 is 0 Å². The van der Waals surface area contributed by atoms with Crippen molar-refractivity contribution < 1.29 is 4.74 Å². The van der Waals surface area contributed by atoms with E-state index < -0.39 is 0 Å². The number of rotatable bonds is 5. The van der Waals surface area contributed by atoms with E-state index in [0.717, 1.165) is 58.3 Å². The van der Waals surface area contributed by atoms with Crippen LogP contribution < -0.4 is 15.8 Å². The number of fused-ring (bicyclic) bond motifs is 2. The number of hydrogen-bond acceptors (Lipinski definition) is 6. The van der Waals surface area contributed by atoms with Crippen LogP contribution in [-0.4, -0.2) is 38.9 Å². The zero-order valence-corrected chi connectivity index (χ0v) is 16.4. The number of nitrogen functional groups attached to an aromatic ring is 1. The van der Waals surface area contributed by atoms with Crippen LogP contribution in [0.1, 0.15) is 19.8 Å². The van der Waals surface area contributed by atoms with E-state index >= 15 is 0 Å². The second kappa shape index (κ2) is 7.33. The Morgan fingerprint density at radius 1 is 1.17 bits per heavy atom. The predicted octanol–water partition coefficient (Wildman–Crippen LogP) is 3.38. The zero-order chi connectivity index (χ0) is 19.8. The maximum absolute atomic E-state index is 6.25. The molecule has 2 aromatic heterocycles. The Kier molecular flexibility index (Phi) is 4.52. The van der Waals surface area contributed by atoms with E-state index in [1.807, 2.05) is 17.7 Å². The molecule has 2 aromatic carbocycles. The van der Waals surface area contributed by atoms with Crippen LogP contribution in [0.3, 0.4) is 0 Å². The Bertz CT molecular complexity index is 1180. The number of aromatic nitrogens is 4. The third-order valence-electron chi connectivity index (χ3n) is 5.51. The van der Waals surface area contributed by atoms with Gasteiger partial charge in [0.25, 0.3) is 0 Å². The summed E-state index contributed by atoms with van der Waals surface area (Å²) in [5.74, 6) is 1.34. The molecule has 0 unspecified atom stereocenters. The summed E-state index contributed by atoms with van der Waals surface area (Å²) < 4.78 is 7.58. The fourth-order valence-corrected chi connectivity index (χ4v) is 4.11. The molecule has 148 valence electrons. The highest BCUT2D eigenvalue weighted by Gasteiger charge is 2.21. The van der Waals surface area contributed by atoms with Gasteiger partial charge in [0.05, 0.1) is 18.5 Å². The third-order valence-corrected chi connectivity index (χ3v) is 5.51. The fourth-order valence-electron chi connectivity index (χ4n) is 4.11. The highest BCUT2D eigenvalue weighted by molar-refractivity contribution is 6.00. The molecule has 1 aliphatic heterocycles. The van der Waals surface area contributed by atoms with E-state index in [-0.39, 0.29) is 0 Å². The molecule has 3 heterocycles. The van der Waals surface area contributed by atoms with Crippen LogP contribution in [0, 0.1) is 0 Å². The van der Waals surface area contributed by atoms with Crippen molar-refractivity contribution >= 4 is 27.6 Å². The van der Waals surface area contributed by atoms with Gasteiger partial charge in [-0.05, 0) is 55.3 Å². The summed E-state index contributed by atoms with van der Waals surface area (Å²) in [6.07, 6.45) is 3.86. The Morgan fingerprint density at radius 3 is 2.86 bits per heavy atom. The summed E-state index contributed by atoms with van der Waals surface area (Å²) in [6, 6.07) is 12.8. The summed E-state index contributed by atoms with van der Waals surface area (Å²) >= 11 is 0. The normalized spacial score (nSPS) is 16.7. The average Bonchev–Trinajstić information content (AvgIpc) is 3.37. The Balaban J connectivity index is 1.61. The number of benzene rings is 2. The van der Waals surface area contributed by atoms with Gasteiger partial charge in [-0.25, -0.2) is 14.6 Å². The van der Waals surface area contributed by atoms with Crippen molar-refractivity contribution in [2.24, 2.45) is 0 Å². The lowest BCUT2D eigenvalue weighted by molar-refractivity contribution is 0.341. The highest BCUT2D eigenvalue weighted by atomic mass is 16.5. The van der Waals surface area contributed by atoms with Gasteiger partial charge >= 0.3 is 0 Å². The van der Waals surface area contributed by atoms with Crippen LogP contribution in [0.15, 0.2) is 42.7 Å². The largest absolute Gasteiger partial charge is 0.494 e. The first-order valence-corrected chi connectivity index (χ1v) is 10.1. The molecule has 1 fully saturated rings. The number of nitrogens with one attached hydrogen (secondary N) is 1. The van der Waals surface area contributed by atoms with Gasteiger partial charge in [-0.15, -0.1) is 0 Å². The molecule has 0 aliphatic carbocycles. The molecule has 7 heteroatoms. The molecule has 0 saturated carbocycles. The van der Waals surface area contributed by atoms with Crippen molar-refractivity contribution in [2.75, 3.05) is 18.9 Å². The zero-order valence-electron chi connectivity index (χ0n) is 16.4. The van der Waals surface area contributed by atoms with Crippen molar-refractivity contribution in [1.82, 2.24) is 25.1 Å². The molecule has 1 saturated heterocycles. The maximum Gasteiger partial charge on any atom is 0.164 e. The van der Waals surface area contributed by atoms with E-state index in [4.69, 9.17) is 15.6 Å². The van der Waals surface area contributed by atoms with E-state index in [0.29, 0.717) is 18.5 Å². The number of ether oxygens (including phenoxy) is 1. The van der Waals surface area contributed by atoms with Gasteiger partial charge in [0.15, 0.2) is 5.65 Å². The minimum absolute atomic E-state index is 0.413. The first-order valence-electron chi connectivity index (χ1n) is 10.1. The number of nitrogens with zero attached hydrogens (tertiary/aromatic N) is 4. The molecule has 3 N–H and O–H groups in total. The first kappa shape index (κ1) is 17.9. The SMILES string of the molecule is CCOc1ccc2cc(-c3nn(C[C@H]4CCCN4)c4ncnc(N)c34)ccc2c1. The Hall–Kier alpha value is -3.19. The Morgan fingerprint density at radius 2 is 2.03 bits per heavy atom. The van der Waals surface area contributed by atoms with Crippen molar-refractivity contribution in [2.45, 2.75) is 32.4 Å². The van der Waals surface area contributed by atoms with Crippen LogP contribution in [0.2, 0.25) is 0 Å². The maximum atomic E-state index is 6.25. The summed E-state index contributed by atoms with van der Waals surface area (Å²) in [7, 11) is 0. The third kappa shape index (κ3) is 3.27. The summed E-state index contributed by atoms with van der Waals surface area (Å²) in [4.78, 5) is 8.70. The van der Waals surface area contributed by atoms with Crippen LogP contribution in [-0.2, 0) is 6.54 Å². The first-order chi connectivity index (χ1) is 14.2. The van der Waals surface area contributed by atoms with Gasteiger partial charge in [0.1, 0.15) is 23.6 Å². The number of anilines is 1. The topological polar surface area (TPSA) is 90.9 Å². The summed E-state index contributed by atoms with van der Waals surface area (Å²) in [5.41, 5.74) is 8.86. The standard InChI is InChI=1S/C22H24N6O/c1-2-29-18-8-7-14-10-16(6-5-15(14)11-18)20-19-21(23)25-13-26-22(19)28(27-20)12-17-4-3-9-24-17/h5-8,10-11,13,17,24H,2-4,9,12H2,1H3,(H2,23,25,26)/t17-/m1/s1. The molecule has 0 amide bonds. The van der Waals surface area contributed by atoms with Gasteiger partial charge in [-0.2, -0.15) is 5.10 Å². The van der Waals surface area contributed by atoms with Crippen LogP contribution in [0.25, 0.3) is 33.1 Å². The Labute approximate surface area is 168 Å². The molecule has 0 bridgehead atoms. The quantitative estimate of drug-likeness (QED) is 0.545. The van der Waals surface area contributed by atoms with E-state index in [1.165, 1.54) is 12.7 Å². The molecule has 1 atom stereocenters. The molecule has 1 aliphatic rings. The lowest BCUT2D eigenvalue weighted by atomic mass is 10.0. The van der Waals surface area contributed by atoms with E-state index in [1.54, 1.807) is 0 Å². The average molecular weight is 388 g/mol. The summed E-state index contributed by atoms with van der Waals surface area (Å²) in [6.45, 7) is 4.48. The van der Waals surface area contributed by atoms with Crippen molar-refractivity contribution in [3.05, 3.63) is 42.7 Å².